The molecule has 2 heterocycles. The topological polar surface area (TPSA) is 39.9 Å². The Hall–Kier alpha value is -2.64. The zero-order valence-corrected chi connectivity index (χ0v) is 14.2. The Morgan fingerprint density at radius 2 is 1.87 bits per heavy atom. The standard InChI is InChI=1S/C19H17N3S/c1-13-17(12-20)16(11-18(21-13)19-5-4-10-23-19)14-6-8-15(9-7-14)22(2)3/h4-11H,1-3H3. The van der Waals surface area contributed by atoms with Crippen molar-refractivity contribution in [1.29, 1.82) is 5.26 Å². The fourth-order valence-electron chi connectivity index (χ4n) is 2.53. The van der Waals surface area contributed by atoms with Crippen LogP contribution in [0.25, 0.3) is 21.7 Å². The van der Waals surface area contributed by atoms with Crippen LogP contribution >= 0.6 is 11.3 Å². The van der Waals surface area contributed by atoms with Gasteiger partial charge < -0.3 is 4.90 Å². The van der Waals surface area contributed by atoms with Gasteiger partial charge in [-0.15, -0.1) is 11.3 Å². The number of pyridine rings is 1. The Morgan fingerprint density at radius 3 is 2.43 bits per heavy atom. The van der Waals surface area contributed by atoms with Gasteiger partial charge in [-0.05, 0) is 42.1 Å². The summed E-state index contributed by atoms with van der Waals surface area (Å²) in [6.45, 7) is 1.90. The predicted molar refractivity (Wildman–Crippen MR) is 96.8 cm³/mol. The third-order valence-corrected chi connectivity index (χ3v) is 4.67. The highest BCUT2D eigenvalue weighted by atomic mass is 32.1. The molecule has 23 heavy (non-hydrogen) atoms. The van der Waals surface area contributed by atoms with Crippen molar-refractivity contribution in [3.05, 3.63) is 59.1 Å². The van der Waals surface area contributed by atoms with E-state index in [-0.39, 0.29) is 0 Å². The summed E-state index contributed by atoms with van der Waals surface area (Å²) in [7, 11) is 4.03. The van der Waals surface area contributed by atoms with Crippen LogP contribution in [0.1, 0.15) is 11.3 Å². The molecule has 0 fully saturated rings. The van der Waals surface area contributed by atoms with E-state index in [0.717, 1.165) is 33.1 Å². The van der Waals surface area contributed by atoms with Crippen LogP contribution in [-0.2, 0) is 0 Å². The van der Waals surface area contributed by atoms with Crippen LogP contribution in [0.15, 0.2) is 47.8 Å². The van der Waals surface area contributed by atoms with E-state index >= 15 is 0 Å². The van der Waals surface area contributed by atoms with E-state index in [4.69, 9.17) is 0 Å². The zero-order valence-electron chi connectivity index (χ0n) is 13.4. The lowest BCUT2D eigenvalue weighted by Gasteiger charge is -2.14. The number of aromatic nitrogens is 1. The van der Waals surface area contributed by atoms with Crippen LogP contribution in [0.3, 0.4) is 0 Å². The van der Waals surface area contributed by atoms with E-state index in [1.54, 1.807) is 11.3 Å². The SMILES string of the molecule is Cc1nc(-c2cccs2)cc(-c2ccc(N(C)C)cc2)c1C#N. The highest BCUT2D eigenvalue weighted by Crippen LogP contribution is 2.32. The molecule has 0 amide bonds. The molecule has 3 aromatic rings. The van der Waals surface area contributed by atoms with Crippen LogP contribution < -0.4 is 4.90 Å². The number of aryl methyl sites for hydroxylation is 1. The third-order valence-electron chi connectivity index (χ3n) is 3.78. The average molecular weight is 319 g/mol. The maximum absolute atomic E-state index is 9.53. The summed E-state index contributed by atoms with van der Waals surface area (Å²) in [6, 6.07) is 16.6. The van der Waals surface area contributed by atoms with E-state index in [1.165, 1.54) is 0 Å². The van der Waals surface area contributed by atoms with Crippen LogP contribution in [0.4, 0.5) is 5.69 Å². The number of nitriles is 1. The summed E-state index contributed by atoms with van der Waals surface area (Å²) in [5, 5.41) is 11.6. The summed E-state index contributed by atoms with van der Waals surface area (Å²) in [4.78, 5) is 7.77. The van der Waals surface area contributed by atoms with Gasteiger partial charge in [0.25, 0.3) is 0 Å². The minimum Gasteiger partial charge on any atom is -0.378 e. The van der Waals surface area contributed by atoms with Crippen molar-refractivity contribution in [1.82, 2.24) is 4.98 Å². The van der Waals surface area contributed by atoms with E-state index in [0.29, 0.717) is 5.56 Å². The first kappa shape index (κ1) is 15.3. The normalized spacial score (nSPS) is 10.3. The third kappa shape index (κ3) is 2.96. The molecule has 0 radical (unpaired) electrons. The van der Waals surface area contributed by atoms with Crippen molar-refractivity contribution in [3.8, 4) is 27.8 Å². The minimum atomic E-state index is 0.642. The van der Waals surface area contributed by atoms with E-state index in [9.17, 15) is 5.26 Å². The van der Waals surface area contributed by atoms with E-state index in [1.807, 2.05) is 38.5 Å². The highest BCUT2D eigenvalue weighted by molar-refractivity contribution is 7.13. The number of nitrogens with zero attached hydrogens (tertiary/aromatic N) is 3. The molecule has 1 aromatic carbocycles. The van der Waals surface area contributed by atoms with Gasteiger partial charge in [0, 0.05) is 25.3 Å². The van der Waals surface area contributed by atoms with Gasteiger partial charge in [-0.2, -0.15) is 5.26 Å². The second-order valence-electron chi connectivity index (χ2n) is 5.55. The van der Waals surface area contributed by atoms with Gasteiger partial charge in [0.05, 0.1) is 21.8 Å². The Bertz CT molecular complexity index is 857. The number of thiophene rings is 1. The lowest BCUT2D eigenvalue weighted by atomic mass is 9.98. The van der Waals surface area contributed by atoms with Crippen molar-refractivity contribution in [2.45, 2.75) is 6.92 Å². The summed E-state index contributed by atoms with van der Waals surface area (Å²) in [5.41, 5.74) is 5.44. The minimum absolute atomic E-state index is 0.642. The molecule has 0 bridgehead atoms. The fourth-order valence-corrected chi connectivity index (χ4v) is 3.22. The smallest absolute Gasteiger partial charge is 0.102 e. The van der Waals surface area contributed by atoms with Gasteiger partial charge in [0.1, 0.15) is 6.07 Å². The summed E-state index contributed by atoms with van der Waals surface area (Å²) >= 11 is 1.66. The van der Waals surface area contributed by atoms with Crippen LogP contribution in [0.5, 0.6) is 0 Å². The van der Waals surface area contributed by atoms with Crippen molar-refractivity contribution < 1.29 is 0 Å². The first-order valence-electron chi connectivity index (χ1n) is 7.33. The number of hydrogen-bond acceptors (Lipinski definition) is 4. The first-order chi connectivity index (χ1) is 11.1. The summed E-state index contributed by atoms with van der Waals surface area (Å²) in [6.07, 6.45) is 0. The van der Waals surface area contributed by atoms with Crippen LogP contribution in [0.2, 0.25) is 0 Å². The molecule has 0 unspecified atom stereocenters. The lowest BCUT2D eigenvalue weighted by Crippen LogP contribution is -2.08. The van der Waals surface area contributed by atoms with Gasteiger partial charge in [-0.1, -0.05) is 18.2 Å². The average Bonchev–Trinajstić information content (AvgIpc) is 3.08. The molecule has 114 valence electrons. The van der Waals surface area contributed by atoms with Crippen molar-refractivity contribution in [2.24, 2.45) is 0 Å². The van der Waals surface area contributed by atoms with Crippen molar-refractivity contribution in [2.75, 3.05) is 19.0 Å². The molecule has 3 rings (SSSR count). The maximum atomic E-state index is 9.53. The van der Waals surface area contributed by atoms with E-state index in [2.05, 4.69) is 46.3 Å². The summed E-state index contributed by atoms with van der Waals surface area (Å²) in [5.74, 6) is 0. The molecular weight excluding hydrogens is 302 g/mol. The number of rotatable bonds is 3. The molecule has 3 nitrogen and oxygen atoms in total. The molecule has 0 saturated heterocycles. The Labute approximate surface area is 140 Å². The van der Waals surface area contributed by atoms with Crippen molar-refractivity contribution in [3.63, 3.8) is 0 Å². The predicted octanol–water partition coefficient (Wildman–Crippen LogP) is 4.72. The van der Waals surface area contributed by atoms with E-state index < -0.39 is 0 Å². The lowest BCUT2D eigenvalue weighted by molar-refractivity contribution is 1.13. The first-order valence-corrected chi connectivity index (χ1v) is 8.21. The van der Waals surface area contributed by atoms with Crippen LogP contribution in [0, 0.1) is 18.3 Å². The molecule has 0 aliphatic heterocycles. The molecule has 0 saturated carbocycles. The number of anilines is 1. The molecule has 4 heteroatoms. The van der Waals surface area contributed by atoms with Crippen LogP contribution in [-0.4, -0.2) is 19.1 Å². The van der Waals surface area contributed by atoms with Gasteiger partial charge >= 0.3 is 0 Å². The second kappa shape index (κ2) is 6.23. The molecule has 0 atom stereocenters. The second-order valence-corrected chi connectivity index (χ2v) is 6.49. The van der Waals surface area contributed by atoms with Gasteiger partial charge in [-0.25, -0.2) is 0 Å². The Kier molecular flexibility index (Phi) is 4.14. The Balaban J connectivity index is 2.15. The monoisotopic (exact) mass is 319 g/mol. The number of benzene rings is 1. The molecule has 0 aliphatic carbocycles. The molecule has 0 aliphatic rings. The van der Waals surface area contributed by atoms with Gasteiger partial charge in [-0.3, -0.25) is 4.98 Å². The molecule has 0 spiro atoms. The summed E-state index contributed by atoms with van der Waals surface area (Å²) < 4.78 is 0. The molecule has 0 N–H and O–H groups in total. The largest absolute Gasteiger partial charge is 0.378 e. The van der Waals surface area contributed by atoms with Gasteiger partial charge in [0.15, 0.2) is 0 Å². The van der Waals surface area contributed by atoms with Gasteiger partial charge in [0.2, 0.25) is 0 Å². The highest BCUT2D eigenvalue weighted by Gasteiger charge is 2.13. The fraction of sp³-hybridized carbons (Fsp3) is 0.158. The molecular formula is C19H17N3S. The van der Waals surface area contributed by atoms with Crippen molar-refractivity contribution >= 4 is 17.0 Å². The quantitative estimate of drug-likeness (QED) is 0.701. The maximum Gasteiger partial charge on any atom is 0.102 e. The Morgan fingerprint density at radius 1 is 1.13 bits per heavy atom. The zero-order chi connectivity index (χ0) is 16.4. The molecule has 2 aromatic heterocycles. The number of hydrogen-bond donors (Lipinski definition) is 0.